The maximum Gasteiger partial charge on any atom is 0.357 e. The second-order valence-electron chi connectivity index (χ2n) is 5.94. The Bertz CT molecular complexity index is 1190. The molecular weight excluding hydrogens is 361 g/mol. The Morgan fingerprint density at radius 1 is 1.18 bits per heavy atom. The van der Waals surface area contributed by atoms with Gasteiger partial charge < -0.3 is 5.11 Å². The number of rotatable bonds is 4. The molecule has 0 aliphatic rings. The van der Waals surface area contributed by atoms with Crippen LogP contribution in [0.1, 0.15) is 32.7 Å². The Kier molecular flexibility index (Phi) is 5.14. The number of halogens is 1. The fourth-order valence-corrected chi connectivity index (χ4v) is 2.68. The molecule has 0 aliphatic carbocycles. The van der Waals surface area contributed by atoms with Crippen molar-refractivity contribution in [3.05, 3.63) is 92.6 Å². The number of nitriles is 1. The van der Waals surface area contributed by atoms with E-state index in [2.05, 4.69) is 5.10 Å². The van der Waals surface area contributed by atoms with Crippen LogP contribution in [0.15, 0.2) is 53.3 Å². The van der Waals surface area contributed by atoms with Crippen molar-refractivity contribution < 1.29 is 14.3 Å². The van der Waals surface area contributed by atoms with Crippen LogP contribution in [-0.4, -0.2) is 20.9 Å². The van der Waals surface area contributed by atoms with E-state index in [1.165, 1.54) is 36.4 Å². The molecular formula is C21H14FN3O3. The maximum atomic E-state index is 13.0. The van der Waals surface area contributed by atoms with Gasteiger partial charge in [-0.25, -0.2) is 9.18 Å². The SMILES string of the molecule is Cc1ccccc1-n1nc(C(=O)O)c(/C=C\c2ccc(F)cc2)c(C#N)c1=O. The van der Waals surface area contributed by atoms with Crippen LogP contribution in [0.2, 0.25) is 0 Å². The van der Waals surface area contributed by atoms with E-state index in [1.54, 1.807) is 37.3 Å². The summed E-state index contributed by atoms with van der Waals surface area (Å²) >= 11 is 0. The van der Waals surface area contributed by atoms with Gasteiger partial charge in [0.2, 0.25) is 0 Å². The molecule has 0 spiro atoms. The highest BCUT2D eigenvalue weighted by Gasteiger charge is 2.21. The minimum absolute atomic E-state index is 0.103. The van der Waals surface area contributed by atoms with E-state index in [4.69, 9.17) is 0 Å². The van der Waals surface area contributed by atoms with Crippen LogP contribution in [0, 0.1) is 24.1 Å². The second kappa shape index (κ2) is 7.68. The summed E-state index contributed by atoms with van der Waals surface area (Å²) in [6.45, 7) is 1.75. The molecule has 138 valence electrons. The Morgan fingerprint density at radius 2 is 1.86 bits per heavy atom. The summed E-state index contributed by atoms with van der Waals surface area (Å²) < 4.78 is 14.0. The van der Waals surface area contributed by atoms with E-state index >= 15 is 0 Å². The molecule has 0 atom stereocenters. The number of aromatic nitrogens is 2. The summed E-state index contributed by atoms with van der Waals surface area (Å²) in [7, 11) is 0. The van der Waals surface area contributed by atoms with Crippen molar-refractivity contribution >= 4 is 18.1 Å². The number of para-hydroxylation sites is 1. The highest BCUT2D eigenvalue weighted by Crippen LogP contribution is 2.17. The lowest BCUT2D eigenvalue weighted by Crippen LogP contribution is -2.28. The Morgan fingerprint density at radius 3 is 2.46 bits per heavy atom. The van der Waals surface area contributed by atoms with Crippen LogP contribution in [0.3, 0.4) is 0 Å². The largest absolute Gasteiger partial charge is 0.476 e. The maximum absolute atomic E-state index is 13.0. The monoisotopic (exact) mass is 375 g/mol. The van der Waals surface area contributed by atoms with E-state index < -0.39 is 23.0 Å². The lowest BCUT2D eigenvalue weighted by atomic mass is 10.1. The normalized spacial score (nSPS) is 10.8. The first kappa shape index (κ1) is 18.7. The quantitative estimate of drug-likeness (QED) is 0.754. The average Bonchev–Trinajstić information content (AvgIpc) is 2.68. The minimum Gasteiger partial charge on any atom is -0.476 e. The zero-order valence-electron chi connectivity index (χ0n) is 14.8. The summed E-state index contributed by atoms with van der Waals surface area (Å²) in [4.78, 5) is 24.6. The van der Waals surface area contributed by atoms with Crippen molar-refractivity contribution in [2.24, 2.45) is 0 Å². The van der Waals surface area contributed by atoms with Crippen molar-refractivity contribution in [3.8, 4) is 11.8 Å². The van der Waals surface area contributed by atoms with Gasteiger partial charge in [-0.1, -0.05) is 42.5 Å². The van der Waals surface area contributed by atoms with Crippen LogP contribution in [0.25, 0.3) is 17.8 Å². The van der Waals surface area contributed by atoms with E-state index in [1.807, 2.05) is 0 Å². The number of aryl methyl sites for hydroxylation is 1. The zero-order valence-corrected chi connectivity index (χ0v) is 14.8. The molecule has 2 aromatic carbocycles. The average molecular weight is 375 g/mol. The van der Waals surface area contributed by atoms with Gasteiger partial charge in [-0.2, -0.15) is 15.0 Å². The molecule has 0 saturated carbocycles. The Balaban J connectivity index is 2.23. The van der Waals surface area contributed by atoms with E-state index in [0.29, 0.717) is 16.8 Å². The third-order valence-corrected chi connectivity index (χ3v) is 4.10. The predicted molar refractivity (Wildman–Crippen MR) is 102 cm³/mol. The first-order valence-corrected chi connectivity index (χ1v) is 8.22. The van der Waals surface area contributed by atoms with Gasteiger partial charge in [0, 0.05) is 5.56 Å². The predicted octanol–water partition coefficient (Wildman–Crippen LogP) is 3.42. The molecule has 0 unspecified atom stereocenters. The van der Waals surface area contributed by atoms with Gasteiger partial charge in [-0.3, -0.25) is 4.79 Å². The number of nitrogens with zero attached hydrogens (tertiary/aromatic N) is 3. The number of carbonyl (C=O) groups is 1. The molecule has 3 rings (SSSR count). The molecule has 7 heteroatoms. The number of carboxylic acid groups (broad SMARTS) is 1. The Hall–Kier alpha value is -4.05. The lowest BCUT2D eigenvalue weighted by Gasteiger charge is -2.11. The molecule has 0 fully saturated rings. The molecule has 1 aromatic heterocycles. The molecule has 0 aliphatic heterocycles. The molecule has 3 aromatic rings. The topological polar surface area (TPSA) is 96.0 Å². The van der Waals surface area contributed by atoms with Gasteiger partial charge in [0.05, 0.1) is 5.69 Å². The molecule has 1 N–H and O–H groups in total. The van der Waals surface area contributed by atoms with Gasteiger partial charge >= 0.3 is 5.97 Å². The van der Waals surface area contributed by atoms with E-state index in [-0.39, 0.29) is 11.1 Å². The summed E-state index contributed by atoms with van der Waals surface area (Å²) in [6, 6.07) is 14.1. The van der Waals surface area contributed by atoms with Crippen LogP contribution in [0.4, 0.5) is 4.39 Å². The third-order valence-electron chi connectivity index (χ3n) is 4.10. The second-order valence-corrected chi connectivity index (χ2v) is 5.94. The van der Waals surface area contributed by atoms with Gasteiger partial charge in [0.25, 0.3) is 5.56 Å². The first-order chi connectivity index (χ1) is 13.4. The van der Waals surface area contributed by atoms with Gasteiger partial charge in [0.1, 0.15) is 17.4 Å². The van der Waals surface area contributed by atoms with Gasteiger partial charge in [0.15, 0.2) is 5.69 Å². The van der Waals surface area contributed by atoms with Gasteiger partial charge in [-0.05, 0) is 36.2 Å². The van der Waals surface area contributed by atoms with Crippen LogP contribution in [0.5, 0.6) is 0 Å². The highest BCUT2D eigenvalue weighted by atomic mass is 19.1. The molecule has 0 bridgehead atoms. The molecule has 28 heavy (non-hydrogen) atoms. The summed E-state index contributed by atoms with van der Waals surface area (Å²) in [5, 5.41) is 23.1. The number of carboxylic acids is 1. The van der Waals surface area contributed by atoms with Crippen molar-refractivity contribution in [2.45, 2.75) is 6.92 Å². The van der Waals surface area contributed by atoms with E-state index in [9.17, 15) is 24.3 Å². The smallest absolute Gasteiger partial charge is 0.357 e. The Labute approximate surface area is 159 Å². The highest BCUT2D eigenvalue weighted by molar-refractivity contribution is 5.92. The fourth-order valence-electron chi connectivity index (χ4n) is 2.68. The molecule has 0 amide bonds. The summed E-state index contributed by atoms with van der Waals surface area (Å²) in [6.07, 6.45) is 2.81. The summed E-state index contributed by atoms with van der Waals surface area (Å²) in [5.74, 6) is -1.79. The van der Waals surface area contributed by atoms with Gasteiger partial charge in [-0.15, -0.1) is 0 Å². The van der Waals surface area contributed by atoms with Crippen LogP contribution in [-0.2, 0) is 0 Å². The number of hydrogen-bond acceptors (Lipinski definition) is 4. The molecule has 0 saturated heterocycles. The zero-order chi connectivity index (χ0) is 20.3. The van der Waals surface area contributed by atoms with Crippen molar-refractivity contribution in [2.75, 3.05) is 0 Å². The molecule has 1 heterocycles. The molecule has 6 nitrogen and oxygen atoms in total. The van der Waals surface area contributed by atoms with Crippen molar-refractivity contribution in [1.29, 1.82) is 5.26 Å². The lowest BCUT2D eigenvalue weighted by molar-refractivity contribution is 0.0688. The number of aromatic carboxylic acids is 1. The van der Waals surface area contributed by atoms with Crippen LogP contribution >= 0.6 is 0 Å². The first-order valence-electron chi connectivity index (χ1n) is 8.22. The summed E-state index contributed by atoms with van der Waals surface area (Å²) in [5.41, 5.74) is 0.0682. The number of hydrogen-bond donors (Lipinski definition) is 1. The standard InChI is InChI=1S/C21H14FN3O3/c1-13-4-2-3-5-18(13)25-20(26)17(12-23)16(19(24-25)21(27)28)11-8-14-6-9-15(22)10-7-14/h2-11H,1H3,(H,27,28)/b11-8-. The van der Waals surface area contributed by atoms with Crippen molar-refractivity contribution in [1.82, 2.24) is 9.78 Å². The van der Waals surface area contributed by atoms with Crippen molar-refractivity contribution in [3.63, 3.8) is 0 Å². The molecule has 0 radical (unpaired) electrons. The third kappa shape index (κ3) is 3.57. The number of benzene rings is 2. The minimum atomic E-state index is -1.38. The van der Waals surface area contributed by atoms with Crippen LogP contribution < -0.4 is 5.56 Å². The fraction of sp³-hybridized carbons (Fsp3) is 0.0476. The van der Waals surface area contributed by atoms with E-state index in [0.717, 1.165) is 4.68 Å².